The van der Waals surface area contributed by atoms with Crippen LogP contribution in [0.3, 0.4) is 0 Å². The minimum atomic E-state index is -0.609. The van der Waals surface area contributed by atoms with E-state index >= 15 is 0 Å². The molecular formula is C20H30F2N4. The zero-order chi connectivity index (χ0) is 19.1. The average molecular weight is 364 g/mol. The lowest BCUT2D eigenvalue weighted by Gasteiger charge is -2.20. The number of hydrogen-bond donors (Lipinski definition) is 0. The fourth-order valence-electron chi connectivity index (χ4n) is 2.82. The second-order valence-electron chi connectivity index (χ2n) is 7.13. The van der Waals surface area contributed by atoms with E-state index in [0.29, 0.717) is 24.2 Å². The first-order chi connectivity index (χ1) is 12.5. The molecular weight excluding hydrogens is 334 g/mol. The van der Waals surface area contributed by atoms with Gasteiger partial charge in [-0.05, 0) is 30.9 Å². The van der Waals surface area contributed by atoms with Crippen LogP contribution in [-0.4, -0.2) is 27.9 Å². The van der Waals surface area contributed by atoms with Crippen molar-refractivity contribution in [2.75, 3.05) is 18.0 Å². The summed E-state index contributed by atoms with van der Waals surface area (Å²) in [7, 11) is 0. The molecule has 0 aliphatic heterocycles. The Hall–Kier alpha value is -1.98. The number of benzene rings is 1. The molecule has 0 fully saturated rings. The first-order valence-electron chi connectivity index (χ1n) is 9.61. The molecule has 0 aliphatic rings. The van der Waals surface area contributed by atoms with Crippen molar-refractivity contribution in [1.82, 2.24) is 14.8 Å². The van der Waals surface area contributed by atoms with Crippen LogP contribution >= 0.6 is 0 Å². The van der Waals surface area contributed by atoms with E-state index in [4.69, 9.17) is 0 Å². The molecule has 0 spiro atoms. The molecule has 2 rings (SSSR count). The molecule has 0 saturated heterocycles. The number of halogens is 2. The first kappa shape index (κ1) is 20.3. The molecule has 144 valence electrons. The van der Waals surface area contributed by atoms with Crippen LogP contribution in [0.15, 0.2) is 18.2 Å². The molecule has 1 aromatic heterocycles. The molecule has 4 nitrogen and oxygen atoms in total. The van der Waals surface area contributed by atoms with E-state index in [0.717, 1.165) is 44.8 Å². The Kier molecular flexibility index (Phi) is 7.54. The summed E-state index contributed by atoms with van der Waals surface area (Å²) in [6.45, 7) is 10.9. The topological polar surface area (TPSA) is 34.0 Å². The molecule has 0 amide bonds. The van der Waals surface area contributed by atoms with Crippen LogP contribution in [0, 0.1) is 17.6 Å². The molecule has 2 aromatic rings. The SMILES string of the molecule is CCCCN(CCCC)c1nc(-c2ccc(F)cc2F)n(CC(C)C)n1. The maximum atomic E-state index is 14.3. The van der Waals surface area contributed by atoms with E-state index in [2.05, 4.69) is 42.7 Å². The molecule has 0 saturated carbocycles. The molecule has 1 heterocycles. The van der Waals surface area contributed by atoms with Crippen LogP contribution in [0.25, 0.3) is 11.4 Å². The first-order valence-corrected chi connectivity index (χ1v) is 9.61. The average Bonchev–Trinajstić information content (AvgIpc) is 2.97. The van der Waals surface area contributed by atoms with Gasteiger partial charge >= 0.3 is 0 Å². The molecule has 0 N–H and O–H groups in total. The maximum Gasteiger partial charge on any atom is 0.245 e. The van der Waals surface area contributed by atoms with E-state index in [1.807, 2.05) is 0 Å². The third-order valence-electron chi connectivity index (χ3n) is 4.22. The predicted molar refractivity (Wildman–Crippen MR) is 102 cm³/mol. The highest BCUT2D eigenvalue weighted by molar-refractivity contribution is 5.58. The largest absolute Gasteiger partial charge is 0.340 e. The summed E-state index contributed by atoms with van der Waals surface area (Å²) in [6, 6.07) is 3.60. The normalized spacial score (nSPS) is 11.3. The van der Waals surface area contributed by atoms with Crippen LogP contribution in [-0.2, 0) is 6.54 Å². The van der Waals surface area contributed by atoms with E-state index in [-0.39, 0.29) is 5.56 Å². The Labute approximate surface area is 155 Å². The van der Waals surface area contributed by atoms with E-state index in [1.54, 1.807) is 4.68 Å². The van der Waals surface area contributed by atoms with Crippen LogP contribution < -0.4 is 4.90 Å². The second-order valence-corrected chi connectivity index (χ2v) is 7.13. The Morgan fingerprint density at radius 3 is 2.27 bits per heavy atom. The van der Waals surface area contributed by atoms with Crippen LogP contribution in [0.5, 0.6) is 0 Å². The number of aromatic nitrogens is 3. The highest BCUT2D eigenvalue weighted by Crippen LogP contribution is 2.25. The number of unbranched alkanes of at least 4 members (excludes halogenated alkanes) is 2. The van der Waals surface area contributed by atoms with Gasteiger partial charge in [0.1, 0.15) is 11.6 Å². The minimum absolute atomic E-state index is 0.289. The van der Waals surface area contributed by atoms with Gasteiger partial charge in [-0.15, -0.1) is 5.10 Å². The summed E-state index contributed by atoms with van der Waals surface area (Å²) >= 11 is 0. The van der Waals surface area contributed by atoms with E-state index < -0.39 is 11.6 Å². The summed E-state index contributed by atoms with van der Waals surface area (Å²) in [5.74, 6) is 0.235. The number of rotatable bonds is 10. The Morgan fingerprint density at radius 1 is 1.08 bits per heavy atom. The predicted octanol–water partition coefficient (Wildman–Crippen LogP) is 5.29. The molecule has 0 unspecified atom stereocenters. The number of anilines is 1. The zero-order valence-corrected chi connectivity index (χ0v) is 16.3. The quantitative estimate of drug-likeness (QED) is 0.575. The van der Waals surface area contributed by atoms with Gasteiger partial charge in [-0.2, -0.15) is 4.98 Å². The second kappa shape index (κ2) is 9.64. The van der Waals surface area contributed by atoms with E-state index in [9.17, 15) is 8.78 Å². The standard InChI is InChI=1S/C20H30F2N4/c1-5-7-11-25(12-8-6-2)20-23-19(26(24-20)14-15(3)4)17-10-9-16(21)13-18(17)22/h9-10,13,15H,5-8,11-12,14H2,1-4H3. The molecule has 0 bridgehead atoms. The Balaban J connectivity index is 2.42. The number of hydrogen-bond acceptors (Lipinski definition) is 3. The van der Waals surface area contributed by atoms with Crippen LogP contribution in [0.2, 0.25) is 0 Å². The summed E-state index contributed by atoms with van der Waals surface area (Å²) < 4.78 is 29.4. The monoisotopic (exact) mass is 364 g/mol. The van der Waals surface area contributed by atoms with Gasteiger partial charge < -0.3 is 4.90 Å². The van der Waals surface area contributed by atoms with Crippen molar-refractivity contribution in [2.45, 2.75) is 59.9 Å². The van der Waals surface area contributed by atoms with Crippen LogP contribution in [0.4, 0.5) is 14.7 Å². The maximum absolute atomic E-state index is 14.3. The van der Waals surface area contributed by atoms with Crippen molar-refractivity contribution in [3.05, 3.63) is 29.8 Å². The molecule has 6 heteroatoms. The van der Waals surface area contributed by atoms with Crippen molar-refractivity contribution < 1.29 is 8.78 Å². The summed E-state index contributed by atoms with van der Waals surface area (Å²) in [6.07, 6.45) is 4.30. The van der Waals surface area contributed by atoms with Crippen molar-refractivity contribution in [2.24, 2.45) is 5.92 Å². The van der Waals surface area contributed by atoms with Crippen molar-refractivity contribution in [1.29, 1.82) is 0 Å². The van der Waals surface area contributed by atoms with Crippen LogP contribution in [0.1, 0.15) is 53.4 Å². The zero-order valence-electron chi connectivity index (χ0n) is 16.3. The van der Waals surface area contributed by atoms with Gasteiger partial charge in [0.2, 0.25) is 5.95 Å². The molecule has 26 heavy (non-hydrogen) atoms. The van der Waals surface area contributed by atoms with Crippen molar-refractivity contribution in [3.63, 3.8) is 0 Å². The van der Waals surface area contributed by atoms with Gasteiger partial charge in [0.25, 0.3) is 0 Å². The Morgan fingerprint density at radius 2 is 1.73 bits per heavy atom. The van der Waals surface area contributed by atoms with E-state index in [1.165, 1.54) is 12.1 Å². The molecule has 0 atom stereocenters. The lowest BCUT2D eigenvalue weighted by Crippen LogP contribution is -2.27. The summed E-state index contributed by atoms with van der Waals surface area (Å²) in [5.41, 5.74) is 0.289. The third-order valence-corrected chi connectivity index (χ3v) is 4.22. The Bertz CT molecular complexity index is 689. The number of nitrogens with zero attached hydrogens (tertiary/aromatic N) is 4. The van der Waals surface area contributed by atoms with Gasteiger partial charge in [-0.3, -0.25) is 0 Å². The fourth-order valence-corrected chi connectivity index (χ4v) is 2.82. The summed E-state index contributed by atoms with van der Waals surface area (Å²) in [5, 5.41) is 4.67. The molecule has 1 aromatic carbocycles. The van der Waals surface area contributed by atoms with Crippen molar-refractivity contribution in [3.8, 4) is 11.4 Å². The lowest BCUT2D eigenvalue weighted by molar-refractivity contribution is 0.483. The van der Waals surface area contributed by atoms with Gasteiger partial charge in [0.05, 0.1) is 5.56 Å². The highest BCUT2D eigenvalue weighted by Gasteiger charge is 2.20. The van der Waals surface area contributed by atoms with Gasteiger partial charge in [0, 0.05) is 25.7 Å². The fraction of sp³-hybridized carbons (Fsp3) is 0.600. The minimum Gasteiger partial charge on any atom is -0.340 e. The lowest BCUT2D eigenvalue weighted by atomic mass is 10.2. The smallest absolute Gasteiger partial charge is 0.245 e. The van der Waals surface area contributed by atoms with Gasteiger partial charge in [-0.25, -0.2) is 13.5 Å². The van der Waals surface area contributed by atoms with Gasteiger partial charge in [-0.1, -0.05) is 40.5 Å². The molecule has 0 aliphatic carbocycles. The van der Waals surface area contributed by atoms with Crippen molar-refractivity contribution >= 4 is 5.95 Å². The summed E-state index contributed by atoms with van der Waals surface area (Å²) in [4.78, 5) is 6.82. The molecule has 0 radical (unpaired) electrons. The highest BCUT2D eigenvalue weighted by atomic mass is 19.1. The third kappa shape index (κ3) is 5.26. The van der Waals surface area contributed by atoms with Gasteiger partial charge in [0.15, 0.2) is 5.82 Å².